The van der Waals surface area contributed by atoms with Crippen LogP contribution in [-0.2, 0) is 16.4 Å². The summed E-state index contributed by atoms with van der Waals surface area (Å²) in [6.45, 7) is -0.135. The summed E-state index contributed by atoms with van der Waals surface area (Å²) in [6, 6.07) is 4.19. The molecular weight excluding hydrogens is 424 g/mol. The molecule has 1 aliphatic rings. The number of halogens is 5. The SMILES string of the molecule is CN=C(NCCc1c(F)cccc1Cl)NC1CCN(S(=O)(=O)C(F)(F)F)CC1. The van der Waals surface area contributed by atoms with Crippen molar-refractivity contribution in [2.45, 2.75) is 30.8 Å². The van der Waals surface area contributed by atoms with Gasteiger partial charge >= 0.3 is 15.5 Å². The fraction of sp³-hybridized carbons (Fsp3) is 0.562. The van der Waals surface area contributed by atoms with Gasteiger partial charge in [0, 0.05) is 43.3 Å². The van der Waals surface area contributed by atoms with E-state index in [0.29, 0.717) is 33.8 Å². The van der Waals surface area contributed by atoms with Crippen molar-refractivity contribution >= 4 is 27.6 Å². The minimum absolute atomic E-state index is 0.204. The monoisotopic (exact) mass is 444 g/mol. The number of nitrogens with one attached hydrogen (secondary N) is 2. The maximum atomic E-state index is 13.8. The fourth-order valence-corrected chi connectivity index (χ4v) is 4.09. The first-order valence-corrected chi connectivity index (χ1v) is 10.3. The zero-order chi connectivity index (χ0) is 20.9. The molecule has 158 valence electrons. The molecule has 1 aromatic rings. The Morgan fingerprint density at radius 2 is 1.96 bits per heavy atom. The van der Waals surface area contributed by atoms with Crippen LogP contribution in [-0.4, -0.2) is 56.9 Å². The van der Waals surface area contributed by atoms with Gasteiger partial charge in [0.2, 0.25) is 0 Å². The molecule has 0 radical (unpaired) electrons. The smallest absolute Gasteiger partial charge is 0.356 e. The first kappa shape index (κ1) is 22.7. The number of hydrogen-bond donors (Lipinski definition) is 2. The van der Waals surface area contributed by atoms with Crippen LogP contribution in [0.4, 0.5) is 17.6 Å². The van der Waals surface area contributed by atoms with E-state index in [1.807, 2.05) is 0 Å². The average Bonchev–Trinajstić information content (AvgIpc) is 2.62. The van der Waals surface area contributed by atoms with Crippen molar-refractivity contribution in [3.05, 3.63) is 34.6 Å². The van der Waals surface area contributed by atoms with Crippen molar-refractivity contribution in [1.29, 1.82) is 0 Å². The van der Waals surface area contributed by atoms with Crippen LogP contribution < -0.4 is 10.6 Å². The molecule has 0 unspecified atom stereocenters. The molecule has 1 aromatic carbocycles. The van der Waals surface area contributed by atoms with Crippen molar-refractivity contribution in [1.82, 2.24) is 14.9 Å². The second kappa shape index (κ2) is 9.27. The van der Waals surface area contributed by atoms with Gasteiger partial charge in [-0.05, 0) is 31.4 Å². The van der Waals surface area contributed by atoms with Gasteiger partial charge in [0.05, 0.1) is 0 Å². The minimum atomic E-state index is -5.30. The van der Waals surface area contributed by atoms with Crippen molar-refractivity contribution in [3.63, 3.8) is 0 Å². The number of alkyl halides is 3. The Morgan fingerprint density at radius 1 is 1.32 bits per heavy atom. The lowest BCUT2D eigenvalue weighted by molar-refractivity contribution is -0.0494. The van der Waals surface area contributed by atoms with Crippen LogP contribution in [0.15, 0.2) is 23.2 Å². The van der Waals surface area contributed by atoms with Crippen LogP contribution in [0.3, 0.4) is 0 Å². The molecule has 0 aromatic heterocycles. The Labute approximate surface area is 166 Å². The molecule has 2 N–H and O–H groups in total. The van der Waals surface area contributed by atoms with Crippen LogP contribution in [0.2, 0.25) is 5.02 Å². The third-order valence-corrected chi connectivity index (χ3v) is 6.36. The Balaban J connectivity index is 1.83. The summed E-state index contributed by atoms with van der Waals surface area (Å²) < 4.78 is 74.9. The van der Waals surface area contributed by atoms with Gasteiger partial charge in [-0.2, -0.15) is 17.5 Å². The average molecular weight is 445 g/mol. The zero-order valence-electron chi connectivity index (χ0n) is 15.1. The van der Waals surface area contributed by atoms with Crippen molar-refractivity contribution in [2.75, 3.05) is 26.7 Å². The summed E-state index contributed by atoms with van der Waals surface area (Å²) in [7, 11) is -3.78. The third-order valence-electron chi connectivity index (χ3n) is 4.38. The van der Waals surface area contributed by atoms with Crippen molar-refractivity contribution in [3.8, 4) is 0 Å². The number of piperidine rings is 1. The molecule has 6 nitrogen and oxygen atoms in total. The number of nitrogens with zero attached hydrogens (tertiary/aromatic N) is 2. The second-order valence-corrected chi connectivity index (χ2v) is 8.55. The van der Waals surface area contributed by atoms with Gasteiger partial charge in [-0.1, -0.05) is 17.7 Å². The number of hydrogen-bond acceptors (Lipinski definition) is 3. The molecule has 0 spiro atoms. The van der Waals surface area contributed by atoms with Gasteiger partial charge in [0.25, 0.3) is 0 Å². The summed E-state index contributed by atoms with van der Waals surface area (Å²) in [4.78, 5) is 4.02. The predicted molar refractivity (Wildman–Crippen MR) is 99.2 cm³/mol. The lowest BCUT2D eigenvalue weighted by Gasteiger charge is -2.32. The minimum Gasteiger partial charge on any atom is -0.356 e. The Morgan fingerprint density at radius 3 is 2.50 bits per heavy atom. The van der Waals surface area contributed by atoms with Crippen molar-refractivity contribution in [2.24, 2.45) is 4.99 Å². The Kier molecular flexibility index (Phi) is 7.52. The van der Waals surface area contributed by atoms with Crippen LogP contribution in [0.25, 0.3) is 0 Å². The van der Waals surface area contributed by atoms with E-state index in [2.05, 4.69) is 15.6 Å². The quantitative estimate of drug-likeness (QED) is 0.416. The second-order valence-electron chi connectivity index (χ2n) is 6.22. The highest BCUT2D eigenvalue weighted by Crippen LogP contribution is 2.29. The zero-order valence-corrected chi connectivity index (χ0v) is 16.6. The predicted octanol–water partition coefficient (Wildman–Crippen LogP) is 2.50. The van der Waals surface area contributed by atoms with Gasteiger partial charge in [0.1, 0.15) is 5.82 Å². The van der Waals surface area contributed by atoms with Crippen LogP contribution >= 0.6 is 11.6 Å². The maximum absolute atomic E-state index is 13.8. The lowest BCUT2D eigenvalue weighted by atomic mass is 10.1. The van der Waals surface area contributed by atoms with E-state index in [9.17, 15) is 26.0 Å². The van der Waals surface area contributed by atoms with E-state index in [1.165, 1.54) is 19.2 Å². The number of rotatable bonds is 5. The topological polar surface area (TPSA) is 73.8 Å². The normalized spacial score (nSPS) is 17.6. The molecule has 1 fully saturated rings. The van der Waals surface area contributed by atoms with Crippen LogP contribution in [0.1, 0.15) is 18.4 Å². The molecule has 0 saturated carbocycles. The molecule has 0 bridgehead atoms. The maximum Gasteiger partial charge on any atom is 0.511 e. The number of benzene rings is 1. The Bertz CT molecular complexity index is 789. The van der Waals surface area contributed by atoms with E-state index in [-0.39, 0.29) is 32.0 Å². The summed E-state index contributed by atoms with van der Waals surface area (Å²) >= 11 is 5.97. The molecule has 1 aliphatic heterocycles. The summed E-state index contributed by atoms with van der Waals surface area (Å²) in [5.74, 6) is -0.0138. The van der Waals surface area contributed by atoms with Gasteiger partial charge in [-0.25, -0.2) is 12.8 Å². The first-order valence-electron chi connectivity index (χ1n) is 8.52. The van der Waals surface area contributed by atoms with Crippen LogP contribution in [0, 0.1) is 5.82 Å². The lowest BCUT2D eigenvalue weighted by Crippen LogP contribution is -2.51. The van der Waals surface area contributed by atoms with Gasteiger partial charge < -0.3 is 10.6 Å². The molecule has 12 heteroatoms. The largest absolute Gasteiger partial charge is 0.511 e. The standard InChI is InChI=1S/C16H21ClF4N4O2S/c1-22-15(23-8-5-12-13(17)3-2-4-14(12)18)24-11-6-9-25(10-7-11)28(26,27)16(19,20)21/h2-4,11H,5-10H2,1H3,(H2,22,23,24). The first-order chi connectivity index (χ1) is 13.1. The third kappa shape index (κ3) is 5.48. The van der Waals surface area contributed by atoms with Gasteiger partial charge in [0.15, 0.2) is 5.96 Å². The molecule has 1 saturated heterocycles. The van der Waals surface area contributed by atoms with Crippen LogP contribution in [0.5, 0.6) is 0 Å². The molecule has 0 amide bonds. The van der Waals surface area contributed by atoms with Gasteiger partial charge in [-0.15, -0.1) is 0 Å². The molecular formula is C16H21ClF4N4O2S. The van der Waals surface area contributed by atoms with E-state index >= 15 is 0 Å². The molecule has 0 aliphatic carbocycles. The summed E-state index contributed by atoms with van der Waals surface area (Å²) in [5, 5.41) is 6.35. The highest BCUT2D eigenvalue weighted by molar-refractivity contribution is 7.90. The van der Waals surface area contributed by atoms with E-state index in [4.69, 9.17) is 11.6 Å². The highest BCUT2D eigenvalue weighted by atomic mass is 35.5. The molecule has 0 atom stereocenters. The summed E-state index contributed by atoms with van der Waals surface area (Å²) in [5.41, 5.74) is -4.92. The number of aliphatic imine (C=N–C) groups is 1. The van der Waals surface area contributed by atoms with Crippen molar-refractivity contribution < 1.29 is 26.0 Å². The van der Waals surface area contributed by atoms with Gasteiger partial charge in [-0.3, -0.25) is 4.99 Å². The van der Waals surface area contributed by atoms with E-state index in [0.717, 1.165) is 0 Å². The summed E-state index contributed by atoms with van der Waals surface area (Å²) in [6.07, 6.45) is 0.721. The highest BCUT2D eigenvalue weighted by Gasteiger charge is 2.50. The van der Waals surface area contributed by atoms with E-state index in [1.54, 1.807) is 6.07 Å². The van der Waals surface area contributed by atoms with E-state index < -0.39 is 21.3 Å². The Hall–Kier alpha value is -1.59. The molecule has 28 heavy (non-hydrogen) atoms. The fourth-order valence-electron chi connectivity index (χ4n) is 2.85. The molecule has 2 rings (SSSR count). The molecule has 1 heterocycles. The number of sulfonamides is 1. The number of guanidine groups is 1.